The fourth-order valence-electron chi connectivity index (χ4n) is 3.83. The molecule has 20 heavy (non-hydrogen) atoms. The van der Waals surface area contributed by atoms with Gasteiger partial charge in [-0.25, -0.2) is 0 Å². The number of aromatic nitrogens is 1. The van der Waals surface area contributed by atoms with Gasteiger partial charge in [-0.1, -0.05) is 6.92 Å². The summed E-state index contributed by atoms with van der Waals surface area (Å²) in [5.74, 6) is 2.29. The fraction of sp³-hybridized carbons (Fsp3) is 0.500. The van der Waals surface area contributed by atoms with E-state index in [4.69, 9.17) is 9.47 Å². The number of likely N-dealkylation sites (tertiary alicyclic amines) is 1. The predicted molar refractivity (Wildman–Crippen MR) is 78.6 cm³/mol. The van der Waals surface area contributed by atoms with Gasteiger partial charge in [0.15, 0.2) is 11.5 Å². The molecule has 3 heterocycles. The van der Waals surface area contributed by atoms with E-state index in [1.165, 1.54) is 10.9 Å². The van der Waals surface area contributed by atoms with Gasteiger partial charge in [0.05, 0.1) is 13.2 Å². The van der Waals surface area contributed by atoms with Gasteiger partial charge in [0.2, 0.25) is 0 Å². The van der Waals surface area contributed by atoms with Crippen LogP contribution in [0.3, 0.4) is 0 Å². The number of aromatic amines is 1. The molecule has 2 aliphatic heterocycles. The first-order valence-corrected chi connectivity index (χ1v) is 7.23. The molecule has 1 aromatic carbocycles. The van der Waals surface area contributed by atoms with E-state index in [2.05, 4.69) is 36.1 Å². The molecule has 0 spiro atoms. The number of ether oxygens (including phenoxy) is 2. The summed E-state index contributed by atoms with van der Waals surface area (Å²) in [7, 11) is 3.90. The molecule has 0 saturated carbocycles. The van der Waals surface area contributed by atoms with Gasteiger partial charge in [-0.2, -0.15) is 0 Å². The maximum absolute atomic E-state index is 6.43. The molecule has 1 fully saturated rings. The Morgan fingerprint density at radius 2 is 2.25 bits per heavy atom. The number of benzene rings is 1. The standard InChI is InChI=1S/C16H20N2O2/c1-9-8-18(2)12-6-10-7-17-11-4-5-13(19-3)16(14(10)11)20-15(9)12/h4-5,7,9,12,15,17H,6,8H2,1-3H3. The molecule has 3 unspecified atom stereocenters. The fourth-order valence-corrected chi connectivity index (χ4v) is 3.83. The molecule has 2 aromatic rings. The number of hydrogen-bond donors (Lipinski definition) is 1. The highest BCUT2D eigenvalue weighted by Gasteiger charge is 2.42. The summed E-state index contributed by atoms with van der Waals surface area (Å²) in [5.41, 5.74) is 2.47. The first-order chi connectivity index (χ1) is 9.69. The number of nitrogens with one attached hydrogen (secondary N) is 1. The van der Waals surface area contributed by atoms with E-state index in [1.807, 2.05) is 6.07 Å². The van der Waals surface area contributed by atoms with Crippen LogP contribution in [-0.4, -0.2) is 42.7 Å². The van der Waals surface area contributed by atoms with Crippen molar-refractivity contribution in [2.75, 3.05) is 20.7 Å². The quantitative estimate of drug-likeness (QED) is 0.866. The molecule has 4 rings (SSSR count). The highest BCUT2D eigenvalue weighted by atomic mass is 16.5. The van der Waals surface area contributed by atoms with E-state index in [9.17, 15) is 0 Å². The molecule has 1 aromatic heterocycles. The number of methoxy groups -OCH3 is 1. The van der Waals surface area contributed by atoms with Crippen LogP contribution in [0.1, 0.15) is 12.5 Å². The van der Waals surface area contributed by atoms with Crippen LogP contribution in [0.15, 0.2) is 18.3 Å². The molecule has 1 saturated heterocycles. The van der Waals surface area contributed by atoms with Crippen molar-refractivity contribution in [3.63, 3.8) is 0 Å². The summed E-state index contributed by atoms with van der Waals surface area (Å²) in [5, 5.41) is 1.19. The van der Waals surface area contributed by atoms with Crippen molar-refractivity contribution in [3.05, 3.63) is 23.9 Å². The molecule has 1 N–H and O–H groups in total. The van der Waals surface area contributed by atoms with Crippen molar-refractivity contribution in [3.8, 4) is 11.5 Å². The predicted octanol–water partition coefficient (Wildman–Crippen LogP) is 2.43. The Kier molecular flexibility index (Phi) is 2.51. The number of fused-ring (bicyclic) bond motifs is 1. The monoisotopic (exact) mass is 272 g/mol. The Morgan fingerprint density at radius 3 is 3.05 bits per heavy atom. The van der Waals surface area contributed by atoms with Gasteiger partial charge in [-0.05, 0) is 31.2 Å². The second-order valence-electron chi connectivity index (χ2n) is 6.10. The third kappa shape index (κ3) is 1.51. The minimum atomic E-state index is 0.242. The van der Waals surface area contributed by atoms with Gasteiger partial charge in [-0.15, -0.1) is 0 Å². The van der Waals surface area contributed by atoms with Crippen molar-refractivity contribution in [1.82, 2.24) is 9.88 Å². The van der Waals surface area contributed by atoms with Crippen molar-refractivity contribution in [2.45, 2.75) is 25.5 Å². The number of hydrogen-bond acceptors (Lipinski definition) is 3. The smallest absolute Gasteiger partial charge is 0.171 e. The molecule has 3 atom stereocenters. The Balaban J connectivity index is 1.92. The molecule has 106 valence electrons. The van der Waals surface area contributed by atoms with Crippen LogP contribution >= 0.6 is 0 Å². The average Bonchev–Trinajstić information content (AvgIpc) is 2.88. The summed E-state index contributed by atoms with van der Waals surface area (Å²) in [6.45, 7) is 3.36. The molecule has 0 aliphatic carbocycles. The zero-order valence-electron chi connectivity index (χ0n) is 12.1. The molecule has 0 amide bonds. The lowest BCUT2D eigenvalue weighted by Gasteiger charge is -2.24. The summed E-state index contributed by atoms with van der Waals surface area (Å²) in [6, 6.07) is 4.50. The lowest BCUT2D eigenvalue weighted by molar-refractivity contribution is 0.130. The molecular weight excluding hydrogens is 252 g/mol. The Bertz CT molecular complexity index is 664. The first kappa shape index (κ1) is 12.1. The number of H-pyrrole nitrogens is 1. The summed E-state index contributed by atoms with van der Waals surface area (Å²) in [4.78, 5) is 5.77. The lowest BCUT2D eigenvalue weighted by Crippen LogP contribution is -2.37. The van der Waals surface area contributed by atoms with Crippen LogP contribution in [-0.2, 0) is 6.42 Å². The summed E-state index contributed by atoms with van der Waals surface area (Å²) in [6.07, 6.45) is 3.40. The van der Waals surface area contributed by atoms with E-state index in [1.54, 1.807) is 7.11 Å². The zero-order chi connectivity index (χ0) is 13.9. The maximum Gasteiger partial charge on any atom is 0.171 e. The summed E-state index contributed by atoms with van der Waals surface area (Å²) >= 11 is 0. The van der Waals surface area contributed by atoms with Gasteiger partial charge in [0, 0.05) is 29.6 Å². The highest BCUT2D eigenvalue weighted by molar-refractivity contribution is 5.92. The van der Waals surface area contributed by atoms with Crippen molar-refractivity contribution < 1.29 is 9.47 Å². The number of likely N-dealkylation sites (N-methyl/N-ethyl adjacent to an activating group) is 1. The second kappa shape index (κ2) is 4.16. The van der Waals surface area contributed by atoms with Crippen molar-refractivity contribution in [2.24, 2.45) is 5.92 Å². The molecule has 0 bridgehead atoms. The van der Waals surface area contributed by atoms with Gasteiger partial charge >= 0.3 is 0 Å². The number of rotatable bonds is 1. The maximum atomic E-state index is 6.43. The topological polar surface area (TPSA) is 37.5 Å². The Morgan fingerprint density at radius 1 is 1.40 bits per heavy atom. The third-order valence-electron chi connectivity index (χ3n) is 4.83. The van der Waals surface area contributed by atoms with Crippen LogP contribution < -0.4 is 9.47 Å². The van der Waals surface area contributed by atoms with Gasteiger partial charge < -0.3 is 14.5 Å². The van der Waals surface area contributed by atoms with Crippen LogP contribution in [0.25, 0.3) is 10.9 Å². The van der Waals surface area contributed by atoms with Crippen molar-refractivity contribution >= 4 is 10.9 Å². The molecular formula is C16H20N2O2. The average molecular weight is 272 g/mol. The molecule has 2 aliphatic rings. The van der Waals surface area contributed by atoms with E-state index < -0.39 is 0 Å². The largest absolute Gasteiger partial charge is 0.493 e. The van der Waals surface area contributed by atoms with E-state index >= 15 is 0 Å². The Labute approximate surface area is 118 Å². The minimum Gasteiger partial charge on any atom is -0.493 e. The first-order valence-electron chi connectivity index (χ1n) is 7.23. The van der Waals surface area contributed by atoms with E-state index in [-0.39, 0.29) is 6.10 Å². The van der Waals surface area contributed by atoms with Gasteiger partial charge in [0.25, 0.3) is 0 Å². The Hall–Kier alpha value is -1.68. The van der Waals surface area contributed by atoms with Gasteiger partial charge in [0.1, 0.15) is 6.10 Å². The normalized spacial score (nSPS) is 29.1. The minimum absolute atomic E-state index is 0.242. The van der Waals surface area contributed by atoms with Crippen LogP contribution in [0.2, 0.25) is 0 Å². The molecule has 0 radical (unpaired) electrons. The molecule has 4 nitrogen and oxygen atoms in total. The highest BCUT2D eigenvalue weighted by Crippen LogP contribution is 2.43. The van der Waals surface area contributed by atoms with Gasteiger partial charge in [-0.3, -0.25) is 4.90 Å². The lowest BCUT2D eigenvalue weighted by atomic mass is 9.99. The van der Waals surface area contributed by atoms with E-state index in [0.717, 1.165) is 30.0 Å². The number of nitrogens with zero attached hydrogens (tertiary/aromatic N) is 1. The van der Waals surface area contributed by atoms with Crippen molar-refractivity contribution in [1.29, 1.82) is 0 Å². The summed E-state index contributed by atoms with van der Waals surface area (Å²) < 4.78 is 11.9. The van der Waals surface area contributed by atoms with Crippen LogP contribution in [0.4, 0.5) is 0 Å². The van der Waals surface area contributed by atoms with Crippen LogP contribution in [0.5, 0.6) is 11.5 Å². The zero-order valence-corrected chi connectivity index (χ0v) is 12.1. The van der Waals surface area contributed by atoms with Crippen LogP contribution in [0, 0.1) is 5.92 Å². The SMILES string of the molecule is COc1ccc2[nH]cc3c2c1OC1C(C)CN(C)C1C3. The second-order valence-corrected chi connectivity index (χ2v) is 6.10. The molecule has 4 heteroatoms. The van der Waals surface area contributed by atoms with E-state index in [0.29, 0.717) is 12.0 Å². The third-order valence-corrected chi connectivity index (χ3v) is 4.83.